The Morgan fingerprint density at radius 1 is 1.14 bits per heavy atom. The molecule has 0 radical (unpaired) electrons. The van der Waals surface area contributed by atoms with Crippen LogP contribution in [0.2, 0.25) is 0 Å². The van der Waals surface area contributed by atoms with Gasteiger partial charge in [0.15, 0.2) is 0 Å². The number of benzene rings is 2. The van der Waals surface area contributed by atoms with Crippen LogP contribution in [-0.2, 0) is 4.74 Å². The lowest BCUT2D eigenvalue weighted by atomic mass is 10.0. The van der Waals surface area contributed by atoms with Gasteiger partial charge in [-0.25, -0.2) is 4.79 Å². The summed E-state index contributed by atoms with van der Waals surface area (Å²) < 4.78 is 5.46. The molecule has 0 aliphatic heterocycles. The molecule has 1 atom stereocenters. The highest BCUT2D eigenvalue weighted by Crippen LogP contribution is 2.22. The van der Waals surface area contributed by atoms with Gasteiger partial charge >= 0.3 is 5.97 Å². The number of aromatic hydroxyl groups is 1. The van der Waals surface area contributed by atoms with Crippen LogP contribution in [0.1, 0.15) is 49.9 Å². The van der Waals surface area contributed by atoms with Gasteiger partial charge in [-0.3, -0.25) is 0 Å². The molecule has 118 valence electrons. The van der Waals surface area contributed by atoms with Crippen molar-refractivity contribution in [3.8, 4) is 5.75 Å². The second-order valence-corrected chi connectivity index (χ2v) is 5.76. The fraction of sp³-hybridized carbons (Fsp3) is 0.421. The van der Waals surface area contributed by atoms with Gasteiger partial charge in [0.1, 0.15) is 5.75 Å². The fourth-order valence-electron chi connectivity index (χ4n) is 2.54. The van der Waals surface area contributed by atoms with Gasteiger partial charge in [-0.1, -0.05) is 45.2 Å². The van der Waals surface area contributed by atoms with Crippen molar-refractivity contribution < 1.29 is 14.6 Å². The Kier molecular flexibility index (Phi) is 5.82. The molecule has 0 spiro atoms. The Morgan fingerprint density at radius 3 is 2.59 bits per heavy atom. The zero-order valence-electron chi connectivity index (χ0n) is 13.3. The minimum atomic E-state index is -0.273. The molecule has 0 saturated carbocycles. The van der Waals surface area contributed by atoms with Gasteiger partial charge in [0.25, 0.3) is 0 Å². The van der Waals surface area contributed by atoms with Crippen LogP contribution in [0.25, 0.3) is 10.8 Å². The number of hydrogen-bond acceptors (Lipinski definition) is 3. The molecule has 1 N–H and O–H groups in total. The molecule has 0 aromatic heterocycles. The topological polar surface area (TPSA) is 46.5 Å². The number of ether oxygens (including phenoxy) is 1. The molecule has 0 aliphatic carbocycles. The van der Waals surface area contributed by atoms with Crippen LogP contribution in [0.5, 0.6) is 5.75 Å². The van der Waals surface area contributed by atoms with Crippen molar-refractivity contribution in [1.29, 1.82) is 0 Å². The molecule has 0 amide bonds. The zero-order chi connectivity index (χ0) is 15.9. The van der Waals surface area contributed by atoms with Gasteiger partial charge in [-0.05, 0) is 47.4 Å². The van der Waals surface area contributed by atoms with Crippen molar-refractivity contribution in [2.45, 2.75) is 39.5 Å². The summed E-state index contributed by atoms with van der Waals surface area (Å²) in [5.41, 5.74) is 0.559. The molecule has 2 aromatic rings. The third-order valence-electron chi connectivity index (χ3n) is 4.05. The second kappa shape index (κ2) is 7.83. The lowest BCUT2D eigenvalue weighted by Crippen LogP contribution is -2.14. The maximum absolute atomic E-state index is 12.2. The highest BCUT2D eigenvalue weighted by molar-refractivity contribution is 5.95. The van der Waals surface area contributed by atoms with Crippen LogP contribution < -0.4 is 0 Å². The van der Waals surface area contributed by atoms with Crippen molar-refractivity contribution in [3.05, 3.63) is 42.0 Å². The summed E-state index contributed by atoms with van der Waals surface area (Å²) >= 11 is 0. The predicted octanol–water partition coefficient (Wildman–Crippen LogP) is 4.92. The number of phenolic OH excluding ortho intramolecular Hbond substituents is 1. The molecule has 0 heterocycles. The third-order valence-corrected chi connectivity index (χ3v) is 4.05. The van der Waals surface area contributed by atoms with Crippen molar-refractivity contribution in [2.24, 2.45) is 5.92 Å². The molecule has 2 rings (SSSR count). The Labute approximate surface area is 131 Å². The molecular weight excluding hydrogens is 276 g/mol. The first-order valence-electron chi connectivity index (χ1n) is 8.04. The van der Waals surface area contributed by atoms with E-state index in [9.17, 15) is 9.90 Å². The second-order valence-electron chi connectivity index (χ2n) is 5.76. The van der Waals surface area contributed by atoms with Crippen LogP contribution in [-0.4, -0.2) is 17.7 Å². The quantitative estimate of drug-likeness (QED) is 0.738. The maximum Gasteiger partial charge on any atom is 0.338 e. The summed E-state index contributed by atoms with van der Waals surface area (Å²) in [4.78, 5) is 12.2. The molecule has 1 unspecified atom stereocenters. The molecule has 3 heteroatoms. The van der Waals surface area contributed by atoms with Gasteiger partial charge in [0.05, 0.1) is 12.2 Å². The molecule has 0 saturated heterocycles. The molecule has 2 aromatic carbocycles. The molecule has 0 aliphatic rings. The normalized spacial score (nSPS) is 12.3. The van der Waals surface area contributed by atoms with E-state index < -0.39 is 0 Å². The summed E-state index contributed by atoms with van der Waals surface area (Å²) in [6.07, 6.45) is 4.49. The zero-order valence-corrected chi connectivity index (χ0v) is 13.3. The van der Waals surface area contributed by atoms with Gasteiger partial charge in [0.2, 0.25) is 0 Å². The molecular formula is C19H24O3. The summed E-state index contributed by atoms with van der Waals surface area (Å²) in [7, 11) is 0. The minimum absolute atomic E-state index is 0.226. The van der Waals surface area contributed by atoms with E-state index in [0.717, 1.165) is 23.6 Å². The van der Waals surface area contributed by atoms with Gasteiger partial charge in [-0.2, -0.15) is 0 Å². The Hall–Kier alpha value is -2.03. The smallest absolute Gasteiger partial charge is 0.338 e. The van der Waals surface area contributed by atoms with E-state index in [0.29, 0.717) is 18.1 Å². The van der Waals surface area contributed by atoms with Crippen LogP contribution in [0.3, 0.4) is 0 Å². The van der Waals surface area contributed by atoms with Crippen LogP contribution in [0.4, 0.5) is 0 Å². The maximum atomic E-state index is 12.2. The predicted molar refractivity (Wildman–Crippen MR) is 89.2 cm³/mol. The average molecular weight is 300 g/mol. The van der Waals surface area contributed by atoms with E-state index in [2.05, 4.69) is 13.8 Å². The van der Waals surface area contributed by atoms with E-state index in [1.54, 1.807) is 24.3 Å². The average Bonchev–Trinajstić information content (AvgIpc) is 2.54. The summed E-state index contributed by atoms with van der Waals surface area (Å²) in [6, 6.07) is 10.5. The van der Waals surface area contributed by atoms with Crippen LogP contribution in [0, 0.1) is 5.92 Å². The number of carbonyl (C=O) groups is 1. The standard InChI is InChI=1S/C19H24O3/c1-3-5-6-14(4-2)13-22-19(21)17-8-7-16-12-18(20)10-9-15(16)11-17/h7-12,14,20H,3-6,13H2,1-2H3. The number of esters is 1. The van der Waals surface area contributed by atoms with E-state index in [-0.39, 0.29) is 11.7 Å². The molecule has 0 fully saturated rings. The Bertz CT molecular complexity index is 634. The summed E-state index contributed by atoms with van der Waals surface area (Å²) in [5.74, 6) is 0.399. The number of phenols is 1. The number of fused-ring (bicyclic) bond motifs is 1. The van der Waals surface area contributed by atoms with Crippen molar-refractivity contribution in [1.82, 2.24) is 0 Å². The lowest BCUT2D eigenvalue weighted by Gasteiger charge is -2.14. The highest BCUT2D eigenvalue weighted by Gasteiger charge is 2.12. The van der Waals surface area contributed by atoms with Crippen LogP contribution in [0.15, 0.2) is 36.4 Å². The highest BCUT2D eigenvalue weighted by atomic mass is 16.5. The molecule has 3 nitrogen and oxygen atoms in total. The van der Waals surface area contributed by atoms with Crippen molar-refractivity contribution in [3.63, 3.8) is 0 Å². The largest absolute Gasteiger partial charge is 0.508 e. The fourth-order valence-corrected chi connectivity index (χ4v) is 2.54. The first-order valence-corrected chi connectivity index (χ1v) is 8.04. The number of rotatable bonds is 7. The first kappa shape index (κ1) is 16.3. The summed E-state index contributed by atoms with van der Waals surface area (Å²) in [5, 5.41) is 11.3. The van der Waals surface area contributed by atoms with Gasteiger partial charge in [-0.15, -0.1) is 0 Å². The van der Waals surface area contributed by atoms with E-state index >= 15 is 0 Å². The van der Waals surface area contributed by atoms with E-state index in [1.807, 2.05) is 12.1 Å². The van der Waals surface area contributed by atoms with Gasteiger partial charge in [0, 0.05) is 0 Å². The lowest BCUT2D eigenvalue weighted by molar-refractivity contribution is 0.0428. The Balaban J connectivity index is 2.01. The SMILES string of the molecule is CCCCC(CC)COC(=O)c1ccc2cc(O)ccc2c1. The van der Waals surface area contributed by atoms with Gasteiger partial charge < -0.3 is 9.84 Å². The number of unbranched alkanes of at least 4 members (excludes halogenated alkanes) is 1. The Morgan fingerprint density at radius 2 is 1.86 bits per heavy atom. The monoisotopic (exact) mass is 300 g/mol. The molecule has 0 bridgehead atoms. The van der Waals surface area contributed by atoms with Crippen molar-refractivity contribution in [2.75, 3.05) is 6.61 Å². The van der Waals surface area contributed by atoms with E-state index in [1.165, 1.54) is 12.8 Å². The third kappa shape index (κ3) is 4.23. The summed E-state index contributed by atoms with van der Waals surface area (Å²) in [6.45, 7) is 4.80. The minimum Gasteiger partial charge on any atom is -0.508 e. The number of hydrogen-bond donors (Lipinski definition) is 1. The number of carbonyl (C=O) groups excluding carboxylic acids is 1. The molecule has 22 heavy (non-hydrogen) atoms. The first-order chi connectivity index (χ1) is 10.6. The van der Waals surface area contributed by atoms with Crippen LogP contribution >= 0.6 is 0 Å². The van der Waals surface area contributed by atoms with E-state index in [4.69, 9.17) is 4.74 Å². The van der Waals surface area contributed by atoms with Crippen molar-refractivity contribution >= 4 is 16.7 Å².